The molecular weight excluding hydrogens is 458 g/mol. The van der Waals surface area contributed by atoms with Crippen molar-refractivity contribution < 1.29 is 0 Å². The Bertz CT molecular complexity index is 1720. The summed E-state index contributed by atoms with van der Waals surface area (Å²) in [6.07, 6.45) is 1.54. The van der Waals surface area contributed by atoms with Crippen molar-refractivity contribution in [2.45, 2.75) is 13.1 Å². The van der Waals surface area contributed by atoms with Crippen molar-refractivity contribution in [2.75, 3.05) is 5.73 Å². The van der Waals surface area contributed by atoms with Crippen molar-refractivity contribution in [1.82, 2.24) is 19.1 Å². The van der Waals surface area contributed by atoms with Gasteiger partial charge in [-0.25, -0.2) is 0 Å². The molecule has 0 aliphatic carbocycles. The summed E-state index contributed by atoms with van der Waals surface area (Å²) in [5, 5.41) is 0. The maximum Gasteiger partial charge on any atom is 0.298 e. The van der Waals surface area contributed by atoms with Crippen molar-refractivity contribution >= 4 is 17.1 Å². The fourth-order valence-electron chi connectivity index (χ4n) is 4.63. The molecule has 2 aromatic heterocycles. The molecule has 0 amide bonds. The summed E-state index contributed by atoms with van der Waals surface area (Å²) in [5.41, 5.74) is 13.6. The molecular formula is C31H25N5O. The lowest BCUT2D eigenvalue weighted by Crippen LogP contribution is -2.16. The first-order valence-corrected chi connectivity index (χ1v) is 12.2. The third-order valence-electron chi connectivity index (χ3n) is 6.58. The van der Waals surface area contributed by atoms with Gasteiger partial charge in [0, 0.05) is 0 Å². The number of anilines is 1. The van der Waals surface area contributed by atoms with E-state index in [9.17, 15) is 4.79 Å². The number of hydrogen-bond donors (Lipinski definition) is 1. The Balaban J connectivity index is 1.28. The molecule has 0 saturated carbocycles. The van der Waals surface area contributed by atoms with Gasteiger partial charge in [0.25, 0.3) is 5.56 Å². The molecule has 2 heterocycles. The highest BCUT2D eigenvalue weighted by atomic mass is 16.1. The maximum atomic E-state index is 12.8. The van der Waals surface area contributed by atoms with E-state index in [0.717, 1.165) is 27.8 Å². The molecule has 0 fully saturated rings. The lowest BCUT2D eigenvalue weighted by Gasteiger charge is -2.10. The third kappa shape index (κ3) is 4.52. The molecule has 6 nitrogen and oxygen atoms in total. The first kappa shape index (κ1) is 22.5. The number of nitrogens with zero attached hydrogens (tertiary/aromatic N) is 4. The number of fused-ring (bicyclic) bond motifs is 1. The quantitative estimate of drug-likeness (QED) is 0.334. The summed E-state index contributed by atoms with van der Waals surface area (Å²) in [7, 11) is 0. The SMILES string of the molecule is Nc1nc2c(c(=O)ncn2Cc2ccc(-c3ccccc3)cc2)n1Cc1ccc(-c2ccccc2)cc1. The summed E-state index contributed by atoms with van der Waals surface area (Å²) in [5.74, 6) is 0.292. The van der Waals surface area contributed by atoms with E-state index in [-0.39, 0.29) is 5.56 Å². The molecule has 0 aliphatic rings. The molecule has 0 unspecified atom stereocenters. The van der Waals surface area contributed by atoms with Crippen molar-refractivity contribution in [2.24, 2.45) is 0 Å². The molecule has 6 heteroatoms. The van der Waals surface area contributed by atoms with Crippen molar-refractivity contribution in [3.63, 3.8) is 0 Å². The standard InChI is InChI=1S/C31H25N5O/c32-31-34-29-28(36(31)20-23-13-17-27(18-14-23)25-9-5-2-6-10-25)30(37)33-21-35(29)19-22-11-15-26(16-12-22)24-7-3-1-4-8-24/h1-18,21H,19-20H2,(H2,32,34). The van der Waals surface area contributed by atoms with E-state index in [2.05, 4.69) is 82.8 Å². The molecule has 6 rings (SSSR count). The van der Waals surface area contributed by atoms with E-state index in [4.69, 9.17) is 5.73 Å². The molecule has 0 radical (unpaired) electrons. The van der Waals surface area contributed by atoms with Crippen molar-refractivity contribution in [1.29, 1.82) is 0 Å². The average molecular weight is 484 g/mol. The Hall–Kier alpha value is -4.97. The van der Waals surface area contributed by atoms with Gasteiger partial charge in [0.2, 0.25) is 5.95 Å². The predicted octanol–water partition coefficient (Wildman–Crippen LogP) is 5.61. The van der Waals surface area contributed by atoms with Crippen LogP contribution in [0.2, 0.25) is 0 Å². The number of hydrogen-bond acceptors (Lipinski definition) is 4. The van der Waals surface area contributed by atoms with E-state index < -0.39 is 0 Å². The number of imidazole rings is 1. The Morgan fingerprint density at radius 2 is 1.11 bits per heavy atom. The fourth-order valence-corrected chi connectivity index (χ4v) is 4.63. The number of nitrogen functional groups attached to an aromatic ring is 1. The van der Waals surface area contributed by atoms with Crippen LogP contribution in [0.25, 0.3) is 33.4 Å². The second-order valence-electron chi connectivity index (χ2n) is 9.03. The van der Waals surface area contributed by atoms with Gasteiger partial charge < -0.3 is 14.9 Å². The van der Waals surface area contributed by atoms with E-state index in [1.165, 1.54) is 5.56 Å². The predicted molar refractivity (Wildman–Crippen MR) is 148 cm³/mol. The minimum absolute atomic E-state index is 0.292. The summed E-state index contributed by atoms with van der Waals surface area (Å²) < 4.78 is 3.62. The van der Waals surface area contributed by atoms with Gasteiger partial charge in [-0.15, -0.1) is 0 Å². The molecule has 0 saturated heterocycles. The highest BCUT2D eigenvalue weighted by Gasteiger charge is 2.16. The van der Waals surface area contributed by atoms with Crippen LogP contribution in [0.4, 0.5) is 5.95 Å². The minimum atomic E-state index is -0.337. The molecule has 4 aromatic carbocycles. The van der Waals surface area contributed by atoms with Crippen LogP contribution in [-0.2, 0) is 13.1 Å². The van der Waals surface area contributed by atoms with Gasteiger partial charge in [0.1, 0.15) is 6.33 Å². The van der Waals surface area contributed by atoms with Gasteiger partial charge in [-0.2, -0.15) is 9.97 Å². The Kier molecular flexibility index (Phi) is 5.83. The zero-order chi connectivity index (χ0) is 25.2. The first-order chi connectivity index (χ1) is 18.2. The summed E-state index contributed by atoms with van der Waals surface area (Å²) in [4.78, 5) is 21.5. The molecule has 0 atom stereocenters. The van der Waals surface area contributed by atoms with Crippen LogP contribution in [-0.4, -0.2) is 19.1 Å². The smallest absolute Gasteiger partial charge is 0.298 e. The number of benzene rings is 4. The molecule has 37 heavy (non-hydrogen) atoms. The number of nitrogens with two attached hydrogens (primary N) is 1. The van der Waals surface area contributed by atoms with E-state index in [0.29, 0.717) is 30.2 Å². The maximum absolute atomic E-state index is 12.8. The third-order valence-corrected chi connectivity index (χ3v) is 6.58. The van der Waals surface area contributed by atoms with Crippen molar-refractivity contribution in [3.05, 3.63) is 137 Å². The van der Waals surface area contributed by atoms with Gasteiger partial charge in [0.05, 0.1) is 13.1 Å². The minimum Gasteiger partial charge on any atom is -0.369 e. The highest BCUT2D eigenvalue weighted by Crippen LogP contribution is 2.23. The lowest BCUT2D eigenvalue weighted by molar-refractivity contribution is 0.784. The van der Waals surface area contributed by atoms with Gasteiger partial charge in [-0.1, -0.05) is 109 Å². The Labute approximate surface area is 214 Å². The molecule has 0 bridgehead atoms. The van der Waals surface area contributed by atoms with Crippen LogP contribution in [0.15, 0.2) is 120 Å². The largest absolute Gasteiger partial charge is 0.369 e. The zero-order valence-corrected chi connectivity index (χ0v) is 20.2. The zero-order valence-electron chi connectivity index (χ0n) is 20.2. The van der Waals surface area contributed by atoms with Gasteiger partial charge in [0.15, 0.2) is 11.2 Å². The van der Waals surface area contributed by atoms with Crippen LogP contribution < -0.4 is 11.3 Å². The molecule has 2 N–H and O–H groups in total. The van der Waals surface area contributed by atoms with E-state index >= 15 is 0 Å². The average Bonchev–Trinajstić information content (AvgIpc) is 3.28. The summed E-state index contributed by atoms with van der Waals surface area (Å²) >= 11 is 0. The molecule has 0 aliphatic heterocycles. The van der Waals surface area contributed by atoms with E-state index in [1.807, 2.05) is 41.0 Å². The van der Waals surface area contributed by atoms with Crippen LogP contribution in [0, 0.1) is 0 Å². The summed E-state index contributed by atoms with van der Waals surface area (Å²) in [6.45, 7) is 0.963. The highest BCUT2D eigenvalue weighted by molar-refractivity contribution is 5.74. The fraction of sp³-hybridized carbons (Fsp3) is 0.0645. The Morgan fingerprint density at radius 3 is 1.65 bits per heavy atom. The Morgan fingerprint density at radius 1 is 0.622 bits per heavy atom. The van der Waals surface area contributed by atoms with Gasteiger partial charge >= 0.3 is 0 Å². The molecule has 0 spiro atoms. The normalized spacial score (nSPS) is 11.1. The lowest BCUT2D eigenvalue weighted by atomic mass is 10.0. The van der Waals surface area contributed by atoms with Crippen molar-refractivity contribution in [3.8, 4) is 22.3 Å². The second-order valence-corrected chi connectivity index (χ2v) is 9.03. The van der Waals surface area contributed by atoms with E-state index in [1.54, 1.807) is 10.9 Å². The number of rotatable bonds is 6. The molecule has 6 aromatic rings. The van der Waals surface area contributed by atoms with Crippen LogP contribution in [0.3, 0.4) is 0 Å². The number of aromatic nitrogens is 4. The van der Waals surface area contributed by atoms with Gasteiger partial charge in [-0.3, -0.25) is 4.79 Å². The molecule has 180 valence electrons. The summed E-state index contributed by atoms with van der Waals surface area (Å²) in [6, 6.07) is 37.1. The monoisotopic (exact) mass is 483 g/mol. The topological polar surface area (TPSA) is 78.7 Å². The van der Waals surface area contributed by atoms with Crippen LogP contribution >= 0.6 is 0 Å². The van der Waals surface area contributed by atoms with Crippen LogP contribution in [0.5, 0.6) is 0 Å². The van der Waals surface area contributed by atoms with Gasteiger partial charge in [-0.05, 0) is 33.4 Å². The second kappa shape index (κ2) is 9.59. The van der Waals surface area contributed by atoms with Crippen LogP contribution in [0.1, 0.15) is 11.1 Å². The first-order valence-electron chi connectivity index (χ1n) is 12.2.